The van der Waals surface area contributed by atoms with Gasteiger partial charge in [-0.2, -0.15) is 0 Å². The number of rotatable bonds is 2. The van der Waals surface area contributed by atoms with Gasteiger partial charge in [0, 0.05) is 0 Å². The zero-order chi connectivity index (χ0) is 10.3. The number of hydrogen-bond acceptors (Lipinski definition) is 3. The minimum Gasteiger partial charge on any atom is -0.479 e. The zero-order valence-corrected chi connectivity index (χ0v) is 8.46. The van der Waals surface area contributed by atoms with E-state index in [1.54, 1.807) is 20.8 Å². The second-order valence-electron chi connectivity index (χ2n) is 3.93. The molecule has 1 N–H and O–H groups in total. The highest BCUT2D eigenvalue weighted by molar-refractivity contribution is 5.78. The van der Waals surface area contributed by atoms with Crippen LogP contribution in [0.3, 0.4) is 0 Å². The molecule has 0 radical (unpaired) electrons. The summed E-state index contributed by atoms with van der Waals surface area (Å²) < 4.78 is 10.9. The second-order valence-corrected chi connectivity index (χ2v) is 3.93. The van der Waals surface area contributed by atoms with Crippen LogP contribution in [-0.2, 0) is 14.3 Å². The fourth-order valence-electron chi connectivity index (χ4n) is 1.71. The predicted molar refractivity (Wildman–Crippen MR) is 46.4 cm³/mol. The summed E-state index contributed by atoms with van der Waals surface area (Å²) in [7, 11) is 0. The van der Waals surface area contributed by atoms with E-state index in [0.29, 0.717) is 6.42 Å². The van der Waals surface area contributed by atoms with Crippen LogP contribution in [0, 0.1) is 0 Å². The maximum atomic E-state index is 11.0. The first-order chi connectivity index (χ1) is 5.82. The Kier molecular flexibility index (Phi) is 2.38. The van der Waals surface area contributed by atoms with Crippen molar-refractivity contribution >= 4 is 5.97 Å². The van der Waals surface area contributed by atoms with Gasteiger partial charge in [0.05, 0.1) is 0 Å². The van der Waals surface area contributed by atoms with Gasteiger partial charge in [-0.05, 0) is 27.2 Å². The summed E-state index contributed by atoms with van der Waals surface area (Å²) in [5.41, 5.74) is -1.21. The van der Waals surface area contributed by atoms with Crippen molar-refractivity contribution < 1.29 is 19.4 Å². The Morgan fingerprint density at radius 2 is 2.00 bits per heavy atom. The van der Waals surface area contributed by atoms with Gasteiger partial charge >= 0.3 is 5.97 Å². The smallest absolute Gasteiger partial charge is 0.338 e. The van der Waals surface area contributed by atoms with Crippen LogP contribution < -0.4 is 0 Å². The fourth-order valence-corrected chi connectivity index (χ4v) is 1.71. The molecule has 1 aliphatic heterocycles. The van der Waals surface area contributed by atoms with E-state index in [1.807, 2.05) is 6.92 Å². The Morgan fingerprint density at radius 3 is 2.31 bits per heavy atom. The summed E-state index contributed by atoms with van der Waals surface area (Å²) in [5, 5.41) is 9.00. The fraction of sp³-hybridized carbons (Fsp3) is 0.889. The molecule has 0 spiro atoms. The van der Waals surface area contributed by atoms with Gasteiger partial charge in [0.2, 0.25) is 0 Å². The minimum atomic E-state index is -1.21. The Morgan fingerprint density at radius 1 is 1.46 bits per heavy atom. The van der Waals surface area contributed by atoms with Gasteiger partial charge in [0.1, 0.15) is 6.10 Å². The molecule has 1 fully saturated rings. The summed E-state index contributed by atoms with van der Waals surface area (Å²) in [6, 6.07) is 0. The molecule has 4 nitrogen and oxygen atoms in total. The molecule has 2 atom stereocenters. The molecule has 0 saturated carbocycles. The van der Waals surface area contributed by atoms with Crippen LogP contribution in [0.1, 0.15) is 34.1 Å². The molecule has 13 heavy (non-hydrogen) atoms. The lowest BCUT2D eigenvalue weighted by atomic mass is 9.98. The Balaban J connectivity index is 2.92. The predicted octanol–water partition coefficient (Wildman–Crippen LogP) is 1.39. The molecular formula is C9H16O4. The lowest BCUT2D eigenvalue weighted by Gasteiger charge is -2.23. The molecule has 76 valence electrons. The molecule has 4 heteroatoms. The van der Waals surface area contributed by atoms with E-state index in [9.17, 15) is 4.79 Å². The first kappa shape index (κ1) is 10.5. The topological polar surface area (TPSA) is 55.8 Å². The highest BCUT2D eigenvalue weighted by atomic mass is 16.8. The summed E-state index contributed by atoms with van der Waals surface area (Å²) in [6.45, 7) is 6.89. The molecule has 0 amide bonds. The third kappa shape index (κ3) is 1.69. The van der Waals surface area contributed by atoms with Crippen molar-refractivity contribution in [2.75, 3.05) is 0 Å². The van der Waals surface area contributed by atoms with E-state index in [0.717, 1.165) is 0 Å². The lowest BCUT2D eigenvalue weighted by molar-refractivity contribution is -0.182. The summed E-state index contributed by atoms with van der Waals surface area (Å²) in [5.74, 6) is -1.77. The molecule has 1 saturated heterocycles. The van der Waals surface area contributed by atoms with Gasteiger partial charge in [-0.25, -0.2) is 4.79 Å². The van der Waals surface area contributed by atoms with Crippen molar-refractivity contribution in [2.45, 2.75) is 51.6 Å². The third-order valence-corrected chi connectivity index (χ3v) is 2.29. The average molecular weight is 188 g/mol. The van der Waals surface area contributed by atoms with Crippen molar-refractivity contribution in [1.82, 2.24) is 0 Å². The maximum absolute atomic E-state index is 11.0. The molecule has 0 aromatic carbocycles. The van der Waals surface area contributed by atoms with E-state index in [2.05, 4.69) is 0 Å². The van der Waals surface area contributed by atoms with E-state index >= 15 is 0 Å². The Bertz CT molecular complexity index is 224. The monoisotopic (exact) mass is 188 g/mol. The standard InChI is InChI=1S/C9H16O4/c1-5-6-9(4,7(10)11)13-8(2,3)12-6/h6H,5H2,1-4H3,(H,10,11). The number of carboxylic acids is 1. The highest BCUT2D eigenvalue weighted by Crippen LogP contribution is 2.37. The summed E-state index contributed by atoms with van der Waals surface area (Å²) in [4.78, 5) is 11.0. The van der Waals surface area contributed by atoms with Gasteiger partial charge in [-0.3, -0.25) is 0 Å². The van der Waals surface area contributed by atoms with Crippen molar-refractivity contribution in [3.63, 3.8) is 0 Å². The maximum Gasteiger partial charge on any atom is 0.338 e. The van der Waals surface area contributed by atoms with Crippen LogP contribution in [0.25, 0.3) is 0 Å². The molecule has 1 rings (SSSR count). The van der Waals surface area contributed by atoms with Crippen LogP contribution in [0.2, 0.25) is 0 Å². The SMILES string of the molecule is CCC1OC(C)(C)OC1(C)C(=O)O. The summed E-state index contributed by atoms with van der Waals surface area (Å²) >= 11 is 0. The average Bonchev–Trinajstić information content (AvgIpc) is 2.22. The van der Waals surface area contributed by atoms with Crippen molar-refractivity contribution in [3.05, 3.63) is 0 Å². The molecule has 0 aliphatic carbocycles. The van der Waals surface area contributed by atoms with E-state index in [1.165, 1.54) is 0 Å². The number of aliphatic carboxylic acids is 1. The van der Waals surface area contributed by atoms with Crippen LogP contribution in [0.15, 0.2) is 0 Å². The van der Waals surface area contributed by atoms with E-state index in [-0.39, 0.29) is 6.10 Å². The number of hydrogen-bond donors (Lipinski definition) is 1. The molecule has 0 bridgehead atoms. The number of carboxylic acid groups (broad SMARTS) is 1. The Labute approximate surface area is 77.8 Å². The molecule has 1 aliphatic rings. The largest absolute Gasteiger partial charge is 0.479 e. The highest BCUT2D eigenvalue weighted by Gasteiger charge is 2.54. The second kappa shape index (κ2) is 2.96. The van der Waals surface area contributed by atoms with Gasteiger partial charge in [-0.1, -0.05) is 6.92 Å². The minimum absolute atomic E-state index is 0.375. The zero-order valence-electron chi connectivity index (χ0n) is 8.46. The van der Waals surface area contributed by atoms with Crippen molar-refractivity contribution in [3.8, 4) is 0 Å². The first-order valence-corrected chi connectivity index (χ1v) is 4.43. The molecule has 2 unspecified atom stereocenters. The number of carbonyl (C=O) groups is 1. The molecule has 1 heterocycles. The van der Waals surface area contributed by atoms with Gasteiger partial charge in [0.15, 0.2) is 11.4 Å². The normalized spacial score (nSPS) is 37.7. The lowest BCUT2D eigenvalue weighted by Crippen LogP contribution is -2.44. The molecule has 0 aromatic rings. The van der Waals surface area contributed by atoms with Crippen molar-refractivity contribution in [1.29, 1.82) is 0 Å². The van der Waals surface area contributed by atoms with Crippen molar-refractivity contribution in [2.24, 2.45) is 0 Å². The molecular weight excluding hydrogens is 172 g/mol. The first-order valence-electron chi connectivity index (χ1n) is 4.43. The van der Waals surface area contributed by atoms with E-state index < -0.39 is 17.4 Å². The number of ether oxygens (including phenoxy) is 2. The van der Waals surface area contributed by atoms with E-state index in [4.69, 9.17) is 14.6 Å². The molecule has 0 aromatic heterocycles. The van der Waals surface area contributed by atoms with Crippen LogP contribution >= 0.6 is 0 Å². The Hall–Kier alpha value is -0.610. The van der Waals surface area contributed by atoms with Gasteiger partial charge in [0.25, 0.3) is 0 Å². The summed E-state index contributed by atoms with van der Waals surface area (Å²) in [6.07, 6.45) is 0.256. The van der Waals surface area contributed by atoms with Crippen LogP contribution in [-0.4, -0.2) is 28.6 Å². The van der Waals surface area contributed by atoms with Crippen LogP contribution in [0.5, 0.6) is 0 Å². The van der Waals surface area contributed by atoms with Gasteiger partial charge < -0.3 is 14.6 Å². The third-order valence-electron chi connectivity index (χ3n) is 2.29. The quantitative estimate of drug-likeness (QED) is 0.711. The van der Waals surface area contributed by atoms with Crippen LogP contribution in [0.4, 0.5) is 0 Å². The van der Waals surface area contributed by atoms with Gasteiger partial charge in [-0.15, -0.1) is 0 Å².